The number of hydrogen-bond donors (Lipinski definition) is 2. The van der Waals surface area contributed by atoms with Gasteiger partial charge in [0.25, 0.3) is 11.6 Å². The van der Waals surface area contributed by atoms with Crippen LogP contribution in [0.1, 0.15) is 42.2 Å². The number of nitro groups is 1. The van der Waals surface area contributed by atoms with Crippen LogP contribution in [0.4, 0.5) is 10.1 Å². The van der Waals surface area contributed by atoms with E-state index in [-0.39, 0.29) is 41.2 Å². The van der Waals surface area contributed by atoms with Crippen molar-refractivity contribution >= 4 is 21.6 Å². The highest BCUT2D eigenvalue weighted by molar-refractivity contribution is 7.89. The summed E-state index contributed by atoms with van der Waals surface area (Å²) in [6.07, 6.45) is 2.20. The van der Waals surface area contributed by atoms with Gasteiger partial charge in [-0.1, -0.05) is 13.0 Å². The first kappa shape index (κ1) is 25.3. The van der Waals surface area contributed by atoms with Crippen LogP contribution in [0.5, 0.6) is 11.6 Å². The standard InChI is InChI=1S/C23H24FN5O6S/c1-3-11-25-36(33,34)20-13-18(29(31)32)9-10-19(20)35-23-14(2)21(22(30)26-16-7-8-16)27-28(23)17-6-4-5-15(24)12-17/h4-6,9-10,12-13,16,25H,3,7-8,11H2,1-2H3,(H,26,30). The van der Waals surface area contributed by atoms with Crippen molar-refractivity contribution in [3.63, 3.8) is 0 Å². The smallest absolute Gasteiger partial charge is 0.272 e. The molecular weight excluding hydrogens is 493 g/mol. The summed E-state index contributed by atoms with van der Waals surface area (Å²) in [4.78, 5) is 22.9. The fourth-order valence-electron chi connectivity index (χ4n) is 3.40. The van der Waals surface area contributed by atoms with E-state index in [2.05, 4.69) is 15.1 Å². The van der Waals surface area contributed by atoms with E-state index in [1.807, 2.05) is 0 Å². The van der Waals surface area contributed by atoms with Gasteiger partial charge in [-0.05, 0) is 50.5 Å². The number of nitrogens with zero attached hydrogens (tertiary/aromatic N) is 3. The number of hydrogen-bond acceptors (Lipinski definition) is 7. The first-order valence-corrected chi connectivity index (χ1v) is 12.7. The number of nitrogens with one attached hydrogen (secondary N) is 2. The molecule has 3 aromatic rings. The minimum Gasteiger partial charge on any atom is -0.437 e. The molecule has 0 atom stereocenters. The molecule has 1 saturated carbocycles. The van der Waals surface area contributed by atoms with Crippen LogP contribution in [0.15, 0.2) is 47.4 Å². The van der Waals surface area contributed by atoms with Gasteiger partial charge in [-0.15, -0.1) is 0 Å². The van der Waals surface area contributed by atoms with Crippen molar-refractivity contribution < 1.29 is 27.3 Å². The van der Waals surface area contributed by atoms with Gasteiger partial charge in [0.2, 0.25) is 15.9 Å². The Hall–Kier alpha value is -3.84. The number of amides is 1. The Morgan fingerprint density at radius 2 is 2.03 bits per heavy atom. The Labute approximate surface area is 206 Å². The van der Waals surface area contributed by atoms with E-state index in [0.717, 1.165) is 31.0 Å². The second kappa shape index (κ2) is 10.0. The molecule has 2 N–H and O–H groups in total. The summed E-state index contributed by atoms with van der Waals surface area (Å²) in [5, 5.41) is 18.5. The SMILES string of the molecule is CCCNS(=O)(=O)c1cc([N+](=O)[O-])ccc1Oc1c(C)c(C(=O)NC2CC2)nn1-c1cccc(F)c1. The molecule has 1 aromatic heterocycles. The lowest BCUT2D eigenvalue weighted by Crippen LogP contribution is -2.26. The molecule has 1 fully saturated rings. The monoisotopic (exact) mass is 517 g/mol. The predicted molar refractivity (Wildman–Crippen MR) is 127 cm³/mol. The number of non-ortho nitro benzene ring substituents is 1. The summed E-state index contributed by atoms with van der Waals surface area (Å²) in [7, 11) is -4.19. The van der Waals surface area contributed by atoms with Gasteiger partial charge in [-0.25, -0.2) is 17.5 Å². The average Bonchev–Trinajstić information content (AvgIpc) is 3.59. The Balaban J connectivity index is 1.84. The minimum absolute atomic E-state index is 0.0246. The van der Waals surface area contributed by atoms with Crippen molar-refractivity contribution in [2.24, 2.45) is 0 Å². The normalized spacial score (nSPS) is 13.4. The van der Waals surface area contributed by atoms with Crippen molar-refractivity contribution in [2.45, 2.75) is 44.0 Å². The molecule has 4 rings (SSSR count). The molecule has 36 heavy (non-hydrogen) atoms. The lowest BCUT2D eigenvalue weighted by molar-refractivity contribution is -0.385. The molecule has 11 nitrogen and oxygen atoms in total. The van der Waals surface area contributed by atoms with E-state index >= 15 is 0 Å². The second-order valence-corrected chi connectivity index (χ2v) is 10.0. The summed E-state index contributed by atoms with van der Waals surface area (Å²) in [5.74, 6) is -1.27. The highest BCUT2D eigenvalue weighted by atomic mass is 32.2. The molecule has 13 heteroatoms. The van der Waals surface area contributed by atoms with E-state index < -0.39 is 37.3 Å². The topological polar surface area (TPSA) is 145 Å². The number of sulfonamides is 1. The molecule has 0 spiro atoms. The third-order valence-corrected chi connectivity index (χ3v) is 6.91. The van der Waals surface area contributed by atoms with Crippen LogP contribution >= 0.6 is 0 Å². The number of rotatable bonds is 10. The predicted octanol–water partition coefficient (Wildman–Crippen LogP) is 3.60. The van der Waals surface area contributed by atoms with Crippen molar-refractivity contribution in [3.05, 3.63) is 69.7 Å². The quantitative estimate of drug-likeness (QED) is 0.309. The molecule has 1 heterocycles. The molecule has 2 aromatic carbocycles. The zero-order valence-electron chi connectivity index (χ0n) is 19.5. The van der Waals surface area contributed by atoms with Crippen LogP contribution in [-0.4, -0.2) is 41.6 Å². The number of carbonyl (C=O) groups is 1. The summed E-state index contributed by atoms with van der Waals surface area (Å²) >= 11 is 0. The molecule has 0 saturated heterocycles. The lowest BCUT2D eigenvalue weighted by atomic mass is 10.2. The first-order chi connectivity index (χ1) is 17.1. The summed E-state index contributed by atoms with van der Waals surface area (Å²) in [6, 6.07) is 8.62. The van der Waals surface area contributed by atoms with Crippen molar-refractivity contribution in [2.75, 3.05) is 6.54 Å². The van der Waals surface area contributed by atoms with E-state index in [1.54, 1.807) is 19.9 Å². The maximum Gasteiger partial charge on any atom is 0.272 e. The number of benzene rings is 2. The van der Waals surface area contributed by atoms with Gasteiger partial charge in [0, 0.05) is 30.3 Å². The number of nitro benzene ring substituents is 1. The summed E-state index contributed by atoms with van der Waals surface area (Å²) < 4.78 is 49.4. The van der Waals surface area contributed by atoms with E-state index in [0.29, 0.717) is 6.42 Å². The van der Waals surface area contributed by atoms with Gasteiger partial charge in [0.1, 0.15) is 16.5 Å². The summed E-state index contributed by atoms with van der Waals surface area (Å²) in [5.41, 5.74) is 0.0882. The molecule has 0 unspecified atom stereocenters. The average molecular weight is 518 g/mol. The Bertz CT molecular complexity index is 1430. The van der Waals surface area contributed by atoms with Crippen LogP contribution in [0.3, 0.4) is 0 Å². The molecule has 1 aliphatic carbocycles. The zero-order chi connectivity index (χ0) is 26.0. The Morgan fingerprint density at radius 1 is 1.28 bits per heavy atom. The van der Waals surface area contributed by atoms with E-state index in [4.69, 9.17) is 4.74 Å². The molecule has 0 radical (unpaired) electrons. The molecule has 0 aliphatic heterocycles. The van der Waals surface area contributed by atoms with Gasteiger partial charge in [0.05, 0.1) is 10.6 Å². The lowest BCUT2D eigenvalue weighted by Gasteiger charge is -2.14. The minimum atomic E-state index is -4.19. The third kappa shape index (κ3) is 5.36. The van der Waals surface area contributed by atoms with Gasteiger partial charge in [-0.3, -0.25) is 14.9 Å². The van der Waals surface area contributed by atoms with Gasteiger partial charge in [0.15, 0.2) is 5.69 Å². The summed E-state index contributed by atoms with van der Waals surface area (Å²) in [6.45, 7) is 3.44. The van der Waals surface area contributed by atoms with Crippen molar-refractivity contribution in [1.82, 2.24) is 19.8 Å². The van der Waals surface area contributed by atoms with Crippen LogP contribution < -0.4 is 14.8 Å². The fraction of sp³-hybridized carbons (Fsp3) is 0.304. The van der Waals surface area contributed by atoms with Gasteiger partial charge < -0.3 is 10.1 Å². The van der Waals surface area contributed by atoms with E-state index in [1.165, 1.54) is 22.9 Å². The number of carbonyl (C=O) groups excluding carboxylic acids is 1. The third-order valence-electron chi connectivity index (χ3n) is 5.43. The molecule has 1 amide bonds. The molecule has 1 aliphatic rings. The van der Waals surface area contributed by atoms with Crippen LogP contribution in [0.2, 0.25) is 0 Å². The highest BCUT2D eigenvalue weighted by Gasteiger charge is 2.30. The maximum absolute atomic E-state index is 14.0. The first-order valence-electron chi connectivity index (χ1n) is 11.2. The van der Waals surface area contributed by atoms with Crippen LogP contribution in [-0.2, 0) is 10.0 Å². The molecule has 190 valence electrons. The zero-order valence-corrected chi connectivity index (χ0v) is 20.3. The Morgan fingerprint density at radius 3 is 2.67 bits per heavy atom. The Kier molecular flexibility index (Phi) is 7.04. The van der Waals surface area contributed by atoms with Crippen molar-refractivity contribution in [1.29, 1.82) is 0 Å². The van der Waals surface area contributed by atoms with Crippen LogP contribution in [0.25, 0.3) is 5.69 Å². The van der Waals surface area contributed by atoms with Gasteiger partial charge in [-0.2, -0.15) is 9.78 Å². The highest BCUT2D eigenvalue weighted by Crippen LogP contribution is 2.36. The van der Waals surface area contributed by atoms with Crippen molar-refractivity contribution in [3.8, 4) is 17.3 Å². The fourth-order valence-corrected chi connectivity index (χ4v) is 4.68. The number of ether oxygens (including phenoxy) is 1. The number of aromatic nitrogens is 2. The van der Waals surface area contributed by atoms with Crippen LogP contribution in [0, 0.1) is 22.9 Å². The number of halogens is 1. The molecule has 0 bridgehead atoms. The van der Waals surface area contributed by atoms with Gasteiger partial charge >= 0.3 is 0 Å². The maximum atomic E-state index is 14.0. The molecular formula is C23H24FN5O6S. The van der Waals surface area contributed by atoms with E-state index in [9.17, 15) is 27.7 Å². The second-order valence-electron chi connectivity index (χ2n) is 8.31. The largest absolute Gasteiger partial charge is 0.437 e.